The number of benzene rings is 2. The van der Waals surface area contributed by atoms with Crippen molar-refractivity contribution in [2.75, 3.05) is 38.7 Å². The van der Waals surface area contributed by atoms with Gasteiger partial charge in [-0.05, 0) is 23.8 Å². The van der Waals surface area contributed by atoms with E-state index in [0.29, 0.717) is 16.9 Å². The second-order valence-corrected chi connectivity index (χ2v) is 8.35. The van der Waals surface area contributed by atoms with Crippen LogP contribution in [0.3, 0.4) is 0 Å². The average molecular weight is 452 g/mol. The summed E-state index contributed by atoms with van der Waals surface area (Å²) in [5, 5.41) is 5.57. The highest BCUT2D eigenvalue weighted by Crippen LogP contribution is 2.26. The van der Waals surface area contributed by atoms with Crippen molar-refractivity contribution in [3.05, 3.63) is 70.7 Å². The molecule has 4 rings (SSSR count). The first-order valence-corrected chi connectivity index (χ1v) is 11.3. The topological polar surface area (TPSA) is 80.8 Å². The molecule has 8 heteroatoms. The minimum absolute atomic E-state index is 0.124. The van der Waals surface area contributed by atoms with Crippen LogP contribution in [0.25, 0.3) is 10.6 Å². The SMILES string of the molecule is COC(=O)c1ccccc1NC(=O)Cc1csc(-c2cccc(CN3CCOCC3)c2)n1. The van der Waals surface area contributed by atoms with E-state index in [1.54, 1.807) is 24.3 Å². The van der Waals surface area contributed by atoms with Crippen LogP contribution in [-0.4, -0.2) is 55.2 Å². The molecule has 1 saturated heterocycles. The maximum atomic E-state index is 12.6. The molecule has 1 aliphatic heterocycles. The van der Waals surface area contributed by atoms with Gasteiger partial charge in [0, 0.05) is 30.6 Å². The van der Waals surface area contributed by atoms with Gasteiger partial charge < -0.3 is 14.8 Å². The Bertz CT molecular complexity index is 1090. The van der Waals surface area contributed by atoms with Gasteiger partial charge in [0.05, 0.1) is 43.7 Å². The molecule has 1 aromatic heterocycles. The van der Waals surface area contributed by atoms with Crippen LogP contribution in [0.15, 0.2) is 53.9 Å². The zero-order valence-corrected chi connectivity index (χ0v) is 18.7. The predicted molar refractivity (Wildman–Crippen MR) is 124 cm³/mol. The van der Waals surface area contributed by atoms with Crippen LogP contribution < -0.4 is 5.32 Å². The lowest BCUT2D eigenvalue weighted by Gasteiger charge is -2.26. The number of rotatable bonds is 7. The van der Waals surface area contributed by atoms with Crippen molar-refractivity contribution >= 4 is 28.9 Å². The second-order valence-electron chi connectivity index (χ2n) is 7.50. The minimum atomic E-state index is -0.492. The third-order valence-electron chi connectivity index (χ3n) is 5.18. The van der Waals surface area contributed by atoms with Crippen molar-refractivity contribution in [3.8, 4) is 10.6 Å². The molecule has 166 valence electrons. The Morgan fingerprint density at radius 2 is 1.97 bits per heavy atom. The van der Waals surface area contributed by atoms with E-state index in [-0.39, 0.29) is 12.3 Å². The van der Waals surface area contributed by atoms with Crippen molar-refractivity contribution in [2.45, 2.75) is 13.0 Å². The Balaban J connectivity index is 1.40. The van der Waals surface area contributed by atoms with E-state index in [9.17, 15) is 9.59 Å². The van der Waals surface area contributed by atoms with Gasteiger partial charge in [-0.15, -0.1) is 11.3 Å². The fraction of sp³-hybridized carbons (Fsp3) is 0.292. The molecule has 0 unspecified atom stereocenters. The highest BCUT2D eigenvalue weighted by atomic mass is 32.1. The van der Waals surface area contributed by atoms with Crippen LogP contribution in [0.2, 0.25) is 0 Å². The van der Waals surface area contributed by atoms with E-state index in [2.05, 4.69) is 27.3 Å². The van der Waals surface area contributed by atoms with Crippen molar-refractivity contribution in [3.63, 3.8) is 0 Å². The number of morpholine rings is 1. The van der Waals surface area contributed by atoms with Gasteiger partial charge in [-0.2, -0.15) is 0 Å². The molecule has 1 amide bonds. The van der Waals surface area contributed by atoms with Gasteiger partial charge in [-0.25, -0.2) is 9.78 Å². The molecular weight excluding hydrogens is 426 g/mol. The van der Waals surface area contributed by atoms with Crippen LogP contribution in [0, 0.1) is 0 Å². The number of para-hydroxylation sites is 1. The van der Waals surface area contributed by atoms with E-state index in [4.69, 9.17) is 9.47 Å². The molecule has 0 radical (unpaired) electrons. The number of methoxy groups -OCH3 is 1. The fourth-order valence-corrected chi connectivity index (χ4v) is 4.40. The number of nitrogens with zero attached hydrogens (tertiary/aromatic N) is 2. The van der Waals surface area contributed by atoms with Gasteiger partial charge in [0.15, 0.2) is 0 Å². The van der Waals surface area contributed by atoms with Crippen LogP contribution in [0.4, 0.5) is 5.69 Å². The van der Waals surface area contributed by atoms with E-state index < -0.39 is 5.97 Å². The van der Waals surface area contributed by atoms with Gasteiger partial charge in [-0.1, -0.05) is 30.3 Å². The Labute approximate surface area is 191 Å². The highest BCUT2D eigenvalue weighted by Gasteiger charge is 2.15. The molecule has 0 saturated carbocycles. The Morgan fingerprint density at radius 1 is 1.16 bits per heavy atom. The summed E-state index contributed by atoms with van der Waals surface area (Å²) in [6.45, 7) is 4.33. The molecule has 0 spiro atoms. The van der Waals surface area contributed by atoms with E-state index in [0.717, 1.165) is 43.4 Å². The molecular formula is C24H25N3O4S. The first kappa shape index (κ1) is 22.1. The Hall–Kier alpha value is -3.07. The summed E-state index contributed by atoms with van der Waals surface area (Å²) >= 11 is 1.52. The molecule has 7 nitrogen and oxygen atoms in total. The summed E-state index contributed by atoms with van der Waals surface area (Å²) in [5.41, 5.74) is 3.72. The minimum Gasteiger partial charge on any atom is -0.465 e. The number of carbonyl (C=O) groups is 2. The molecule has 2 heterocycles. The molecule has 3 aromatic rings. The number of ether oxygens (including phenoxy) is 2. The normalized spacial score (nSPS) is 14.2. The number of esters is 1. The van der Waals surface area contributed by atoms with Crippen LogP contribution in [-0.2, 0) is 27.2 Å². The fourth-order valence-electron chi connectivity index (χ4n) is 3.58. The summed E-state index contributed by atoms with van der Waals surface area (Å²) in [4.78, 5) is 31.5. The monoisotopic (exact) mass is 451 g/mol. The number of hydrogen-bond donors (Lipinski definition) is 1. The van der Waals surface area contributed by atoms with Crippen LogP contribution in [0.1, 0.15) is 21.6 Å². The molecule has 1 N–H and O–H groups in total. The number of anilines is 1. The van der Waals surface area contributed by atoms with Crippen LogP contribution >= 0.6 is 11.3 Å². The Morgan fingerprint density at radius 3 is 2.78 bits per heavy atom. The summed E-state index contributed by atoms with van der Waals surface area (Å²) in [7, 11) is 1.31. The third-order valence-corrected chi connectivity index (χ3v) is 6.12. The maximum absolute atomic E-state index is 12.6. The predicted octanol–water partition coefficient (Wildman–Crippen LogP) is 3.61. The molecule has 32 heavy (non-hydrogen) atoms. The highest BCUT2D eigenvalue weighted by molar-refractivity contribution is 7.13. The average Bonchev–Trinajstić information content (AvgIpc) is 3.28. The van der Waals surface area contributed by atoms with Crippen molar-refractivity contribution in [1.82, 2.24) is 9.88 Å². The molecule has 0 aliphatic carbocycles. The number of nitrogens with one attached hydrogen (secondary N) is 1. The van der Waals surface area contributed by atoms with Gasteiger partial charge in [0.2, 0.25) is 5.91 Å². The van der Waals surface area contributed by atoms with Crippen LogP contribution in [0.5, 0.6) is 0 Å². The number of aromatic nitrogens is 1. The molecule has 0 atom stereocenters. The van der Waals surface area contributed by atoms with Crippen molar-refractivity contribution < 1.29 is 19.1 Å². The number of thiazole rings is 1. The number of carbonyl (C=O) groups excluding carboxylic acids is 2. The summed E-state index contributed by atoms with van der Waals surface area (Å²) in [6.07, 6.45) is 0.124. The molecule has 1 fully saturated rings. The van der Waals surface area contributed by atoms with Gasteiger partial charge in [0.25, 0.3) is 0 Å². The first-order chi connectivity index (χ1) is 15.6. The number of hydrogen-bond acceptors (Lipinski definition) is 7. The third kappa shape index (κ3) is 5.59. The maximum Gasteiger partial charge on any atom is 0.339 e. The number of amides is 1. The summed E-state index contributed by atoms with van der Waals surface area (Å²) in [6, 6.07) is 15.1. The van der Waals surface area contributed by atoms with Crippen molar-refractivity contribution in [2.24, 2.45) is 0 Å². The smallest absolute Gasteiger partial charge is 0.339 e. The van der Waals surface area contributed by atoms with Gasteiger partial charge >= 0.3 is 5.97 Å². The molecule has 1 aliphatic rings. The lowest BCUT2D eigenvalue weighted by molar-refractivity contribution is -0.115. The Kier molecular flexibility index (Phi) is 7.26. The zero-order valence-electron chi connectivity index (χ0n) is 17.9. The van der Waals surface area contributed by atoms with Gasteiger partial charge in [0.1, 0.15) is 5.01 Å². The first-order valence-electron chi connectivity index (χ1n) is 10.4. The summed E-state index contributed by atoms with van der Waals surface area (Å²) < 4.78 is 10.2. The van der Waals surface area contributed by atoms with E-state index >= 15 is 0 Å². The quantitative estimate of drug-likeness (QED) is 0.553. The second kappa shape index (κ2) is 10.5. The standard InChI is InChI=1S/C24H25N3O4S/c1-30-24(29)20-7-2-3-8-21(20)26-22(28)14-19-16-32-23(25-19)18-6-4-5-17(13-18)15-27-9-11-31-12-10-27/h2-8,13,16H,9-12,14-15H2,1H3,(H,26,28). The van der Waals surface area contributed by atoms with Crippen molar-refractivity contribution in [1.29, 1.82) is 0 Å². The zero-order chi connectivity index (χ0) is 22.3. The molecule has 0 bridgehead atoms. The lowest BCUT2D eigenvalue weighted by Crippen LogP contribution is -2.35. The van der Waals surface area contributed by atoms with E-state index in [1.165, 1.54) is 24.0 Å². The van der Waals surface area contributed by atoms with E-state index in [1.807, 2.05) is 17.5 Å². The molecule has 2 aromatic carbocycles. The summed E-state index contributed by atoms with van der Waals surface area (Å²) in [5.74, 6) is -0.729. The largest absolute Gasteiger partial charge is 0.465 e. The lowest BCUT2D eigenvalue weighted by atomic mass is 10.1. The van der Waals surface area contributed by atoms with Gasteiger partial charge in [-0.3, -0.25) is 9.69 Å².